The average Bonchev–Trinajstić information content (AvgIpc) is 3.22. The third-order valence-electron chi connectivity index (χ3n) is 5.82. The molecule has 0 radical (unpaired) electrons. The Hall–Kier alpha value is -3.34. The number of rotatable bonds is 9. The molecule has 0 saturated carbocycles. The summed E-state index contributed by atoms with van der Waals surface area (Å²) >= 11 is 0. The molecule has 5 heteroatoms. The van der Waals surface area contributed by atoms with Crippen LogP contribution in [-0.2, 0) is 23.3 Å². The molecule has 34 heavy (non-hydrogen) atoms. The second-order valence-corrected chi connectivity index (χ2v) is 9.80. The minimum absolute atomic E-state index is 0.0167. The Bertz CT molecular complexity index is 1080. The molecule has 0 fully saturated rings. The van der Waals surface area contributed by atoms with Crippen molar-refractivity contribution in [2.24, 2.45) is 0 Å². The van der Waals surface area contributed by atoms with E-state index in [4.69, 9.17) is 4.42 Å². The van der Waals surface area contributed by atoms with E-state index >= 15 is 0 Å². The molecule has 0 aliphatic rings. The number of amides is 2. The van der Waals surface area contributed by atoms with Crippen molar-refractivity contribution in [3.8, 4) is 0 Å². The van der Waals surface area contributed by atoms with E-state index in [1.54, 1.807) is 9.80 Å². The Labute approximate surface area is 203 Å². The molecule has 2 amide bonds. The topological polar surface area (TPSA) is 53.8 Å². The van der Waals surface area contributed by atoms with Crippen LogP contribution in [0.1, 0.15) is 67.1 Å². The fourth-order valence-electron chi connectivity index (χ4n) is 3.88. The molecular formula is C29H36N2O3. The zero-order valence-corrected chi connectivity index (χ0v) is 21.0. The Kier molecular flexibility index (Phi) is 8.32. The van der Waals surface area contributed by atoms with Crippen molar-refractivity contribution in [1.29, 1.82) is 0 Å². The molecule has 0 bridgehead atoms. The van der Waals surface area contributed by atoms with Crippen LogP contribution in [0.15, 0.2) is 71.1 Å². The van der Waals surface area contributed by atoms with Crippen LogP contribution in [0.4, 0.5) is 0 Å². The summed E-state index contributed by atoms with van der Waals surface area (Å²) in [6, 6.07) is 21.4. The highest BCUT2D eigenvalue weighted by Gasteiger charge is 2.23. The lowest BCUT2D eigenvalue weighted by Crippen LogP contribution is -2.42. The molecule has 2 aromatic carbocycles. The molecule has 0 atom stereocenters. The molecule has 3 rings (SSSR count). The van der Waals surface area contributed by atoms with E-state index in [0.29, 0.717) is 25.2 Å². The number of aryl methyl sites for hydroxylation is 1. The Morgan fingerprint density at radius 3 is 2.09 bits per heavy atom. The predicted molar refractivity (Wildman–Crippen MR) is 135 cm³/mol. The van der Waals surface area contributed by atoms with Gasteiger partial charge < -0.3 is 14.2 Å². The van der Waals surface area contributed by atoms with Crippen molar-refractivity contribution >= 4 is 11.8 Å². The first-order chi connectivity index (χ1) is 16.2. The number of benzene rings is 2. The number of nitrogens with zero attached hydrogens (tertiary/aromatic N) is 2. The van der Waals surface area contributed by atoms with Gasteiger partial charge in [-0.1, -0.05) is 70.2 Å². The minimum atomic E-state index is -0.121. The smallest absolute Gasteiger partial charge is 0.254 e. The van der Waals surface area contributed by atoms with E-state index in [1.807, 2.05) is 80.6 Å². The van der Waals surface area contributed by atoms with Crippen LogP contribution in [0, 0.1) is 6.92 Å². The highest BCUT2D eigenvalue weighted by molar-refractivity contribution is 5.96. The van der Waals surface area contributed by atoms with Crippen LogP contribution in [-0.4, -0.2) is 34.7 Å². The second-order valence-electron chi connectivity index (χ2n) is 9.80. The highest BCUT2D eigenvalue weighted by Crippen LogP contribution is 2.23. The molecule has 0 spiro atoms. The number of carbonyl (C=O) groups is 2. The molecule has 0 unspecified atom stereocenters. The van der Waals surface area contributed by atoms with E-state index < -0.39 is 0 Å². The predicted octanol–water partition coefficient (Wildman–Crippen LogP) is 5.97. The summed E-state index contributed by atoms with van der Waals surface area (Å²) in [5.74, 6) is 1.31. The van der Waals surface area contributed by atoms with E-state index in [2.05, 4.69) is 20.8 Å². The SMILES string of the molecule is CCCN(CC(=O)N(Cc1ccccc1)Cc1ccc(C)o1)C(=O)c1ccc(C(C)(C)C)cc1. The van der Waals surface area contributed by atoms with Crippen molar-refractivity contribution in [2.75, 3.05) is 13.1 Å². The summed E-state index contributed by atoms with van der Waals surface area (Å²) in [5.41, 5.74) is 2.82. The first-order valence-corrected chi connectivity index (χ1v) is 11.9. The molecule has 1 aromatic heterocycles. The van der Waals surface area contributed by atoms with Crippen molar-refractivity contribution in [1.82, 2.24) is 9.80 Å². The molecule has 3 aromatic rings. The monoisotopic (exact) mass is 460 g/mol. The second kappa shape index (κ2) is 11.2. The summed E-state index contributed by atoms with van der Waals surface area (Å²) in [4.78, 5) is 30.2. The zero-order chi connectivity index (χ0) is 24.7. The van der Waals surface area contributed by atoms with Crippen molar-refractivity contribution in [3.63, 3.8) is 0 Å². The fraction of sp³-hybridized carbons (Fsp3) is 0.379. The lowest BCUT2D eigenvalue weighted by Gasteiger charge is -2.27. The Morgan fingerprint density at radius 2 is 1.53 bits per heavy atom. The minimum Gasteiger partial charge on any atom is -0.464 e. The van der Waals surface area contributed by atoms with Gasteiger partial charge in [0.25, 0.3) is 5.91 Å². The maximum Gasteiger partial charge on any atom is 0.254 e. The van der Waals surface area contributed by atoms with Crippen LogP contribution in [0.3, 0.4) is 0 Å². The van der Waals surface area contributed by atoms with Crippen molar-refractivity contribution in [2.45, 2.75) is 59.5 Å². The maximum atomic E-state index is 13.5. The number of hydrogen-bond donors (Lipinski definition) is 0. The summed E-state index contributed by atoms with van der Waals surface area (Å²) in [6.45, 7) is 11.7. The van der Waals surface area contributed by atoms with Gasteiger partial charge in [0, 0.05) is 18.7 Å². The first-order valence-electron chi connectivity index (χ1n) is 11.9. The highest BCUT2D eigenvalue weighted by atomic mass is 16.3. The van der Waals surface area contributed by atoms with Crippen LogP contribution in [0.25, 0.3) is 0 Å². The summed E-state index contributed by atoms with van der Waals surface area (Å²) in [6.07, 6.45) is 0.773. The zero-order valence-electron chi connectivity index (χ0n) is 21.0. The average molecular weight is 461 g/mol. The van der Waals surface area contributed by atoms with Gasteiger partial charge in [-0.2, -0.15) is 0 Å². The Morgan fingerprint density at radius 1 is 0.853 bits per heavy atom. The van der Waals surface area contributed by atoms with Crippen LogP contribution >= 0.6 is 0 Å². The molecule has 1 heterocycles. The third kappa shape index (κ3) is 6.83. The van der Waals surface area contributed by atoms with Gasteiger partial charge in [-0.3, -0.25) is 9.59 Å². The normalized spacial score (nSPS) is 11.3. The van der Waals surface area contributed by atoms with E-state index in [9.17, 15) is 9.59 Å². The Balaban J connectivity index is 1.78. The van der Waals surface area contributed by atoms with Gasteiger partial charge in [0.2, 0.25) is 5.91 Å². The van der Waals surface area contributed by atoms with Gasteiger partial charge in [-0.15, -0.1) is 0 Å². The molecular weight excluding hydrogens is 424 g/mol. The quantitative estimate of drug-likeness (QED) is 0.395. The molecule has 0 aliphatic heterocycles. The van der Waals surface area contributed by atoms with Crippen LogP contribution in [0.2, 0.25) is 0 Å². The number of furan rings is 1. The van der Waals surface area contributed by atoms with E-state index in [0.717, 1.165) is 23.5 Å². The summed E-state index contributed by atoms with van der Waals surface area (Å²) in [5, 5.41) is 0. The van der Waals surface area contributed by atoms with Crippen molar-refractivity contribution < 1.29 is 14.0 Å². The fourth-order valence-corrected chi connectivity index (χ4v) is 3.88. The lowest BCUT2D eigenvalue weighted by molar-refractivity contribution is -0.133. The van der Waals surface area contributed by atoms with Gasteiger partial charge >= 0.3 is 0 Å². The van der Waals surface area contributed by atoms with E-state index in [1.165, 1.54) is 5.56 Å². The first kappa shape index (κ1) is 25.3. The molecule has 180 valence electrons. The molecule has 5 nitrogen and oxygen atoms in total. The van der Waals surface area contributed by atoms with Gasteiger partial charge in [-0.05, 0) is 54.2 Å². The molecule has 0 aliphatic carbocycles. The van der Waals surface area contributed by atoms with Gasteiger partial charge in [0.15, 0.2) is 0 Å². The molecule has 0 N–H and O–H groups in total. The standard InChI is InChI=1S/C29H36N2O3/c1-6-18-30(28(33)24-13-15-25(16-14-24)29(3,4)5)21-27(32)31(19-23-10-8-7-9-11-23)20-26-17-12-22(2)34-26/h7-17H,6,18-21H2,1-5H3. The number of hydrogen-bond acceptors (Lipinski definition) is 3. The van der Waals surface area contributed by atoms with Crippen LogP contribution < -0.4 is 0 Å². The largest absolute Gasteiger partial charge is 0.464 e. The van der Waals surface area contributed by atoms with Gasteiger partial charge in [-0.25, -0.2) is 0 Å². The van der Waals surface area contributed by atoms with Crippen LogP contribution in [0.5, 0.6) is 0 Å². The molecule has 0 saturated heterocycles. The van der Waals surface area contributed by atoms with E-state index in [-0.39, 0.29) is 23.8 Å². The lowest BCUT2D eigenvalue weighted by atomic mass is 9.86. The maximum absolute atomic E-state index is 13.5. The third-order valence-corrected chi connectivity index (χ3v) is 5.82. The van der Waals surface area contributed by atoms with Gasteiger partial charge in [0.05, 0.1) is 6.54 Å². The van der Waals surface area contributed by atoms with Gasteiger partial charge in [0.1, 0.15) is 18.1 Å². The summed E-state index contributed by atoms with van der Waals surface area (Å²) in [7, 11) is 0. The van der Waals surface area contributed by atoms with Crippen molar-refractivity contribution in [3.05, 3.63) is 94.9 Å². The number of carbonyl (C=O) groups excluding carboxylic acids is 2. The summed E-state index contributed by atoms with van der Waals surface area (Å²) < 4.78 is 5.74.